The number of hydrogen-bond donors (Lipinski definition) is 2. The van der Waals surface area contributed by atoms with E-state index in [2.05, 4.69) is 20.2 Å². The van der Waals surface area contributed by atoms with Crippen LogP contribution in [0.25, 0.3) is 21.9 Å². The van der Waals surface area contributed by atoms with E-state index < -0.39 is 6.10 Å². The van der Waals surface area contributed by atoms with Crippen LogP contribution in [0.3, 0.4) is 0 Å². The standard InChI is InChI=1S/C24H25ClN4O4/c1-31-20-10-17-19(11-21(20)33-13-16(30)12-29-7-2-3-8-29)26-14-27-24(17)28-22-18(25)5-4-15-6-9-32-23(15)22/h4-6,9-11,14,16,30H,2-3,7-8,12-13H2,1H3,(H,26,27,28). The number of halogens is 1. The lowest BCUT2D eigenvalue weighted by Gasteiger charge is -2.20. The molecule has 4 aromatic rings. The SMILES string of the molecule is COc1cc2c(Nc3c(Cl)ccc4ccoc34)ncnc2cc1OCC(O)CN1CCCC1. The minimum absolute atomic E-state index is 0.171. The second-order valence-corrected chi connectivity index (χ2v) is 8.51. The smallest absolute Gasteiger partial charge is 0.163 e. The van der Waals surface area contributed by atoms with Gasteiger partial charge in [-0.3, -0.25) is 0 Å². The van der Waals surface area contributed by atoms with Gasteiger partial charge in [0.1, 0.15) is 30.5 Å². The second-order valence-electron chi connectivity index (χ2n) is 8.10. The van der Waals surface area contributed by atoms with Gasteiger partial charge in [0.15, 0.2) is 17.1 Å². The number of anilines is 2. The van der Waals surface area contributed by atoms with Crippen LogP contribution in [0.4, 0.5) is 11.5 Å². The molecule has 1 atom stereocenters. The number of benzene rings is 2. The zero-order valence-corrected chi connectivity index (χ0v) is 19.0. The van der Waals surface area contributed by atoms with Gasteiger partial charge in [0.25, 0.3) is 0 Å². The maximum Gasteiger partial charge on any atom is 0.163 e. The van der Waals surface area contributed by atoms with Crippen molar-refractivity contribution in [1.82, 2.24) is 14.9 Å². The first-order valence-corrected chi connectivity index (χ1v) is 11.3. The summed E-state index contributed by atoms with van der Waals surface area (Å²) >= 11 is 6.44. The summed E-state index contributed by atoms with van der Waals surface area (Å²) in [5.74, 6) is 1.60. The van der Waals surface area contributed by atoms with Gasteiger partial charge in [-0.15, -0.1) is 0 Å². The third-order valence-corrected chi connectivity index (χ3v) is 6.15. The van der Waals surface area contributed by atoms with Crippen molar-refractivity contribution in [2.24, 2.45) is 0 Å². The average Bonchev–Trinajstić information content (AvgIpc) is 3.51. The fourth-order valence-electron chi connectivity index (χ4n) is 4.18. The van der Waals surface area contributed by atoms with Crippen molar-refractivity contribution in [2.75, 3.05) is 38.7 Å². The summed E-state index contributed by atoms with van der Waals surface area (Å²) in [5, 5.41) is 15.9. The van der Waals surface area contributed by atoms with Crippen LogP contribution in [-0.2, 0) is 0 Å². The van der Waals surface area contributed by atoms with E-state index in [-0.39, 0.29) is 6.61 Å². The molecule has 172 valence electrons. The van der Waals surface area contributed by atoms with Crippen molar-refractivity contribution >= 4 is 45.0 Å². The molecule has 9 heteroatoms. The molecule has 0 radical (unpaired) electrons. The molecule has 1 fully saturated rings. The number of rotatable bonds is 8. The minimum Gasteiger partial charge on any atom is -0.493 e. The molecule has 2 N–H and O–H groups in total. The van der Waals surface area contributed by atoms with Crippen molar-refractivity contribution in [3.05, 3.63) is 47.9 Å². The molecule has 0 saturated carbocycles. The molecule has 1 aliphatic heterocycles. The topological polar surface area (TPSA) is 92.9 Å². The Balaban J connectivity index is 1.41. The molecule has 2 aromatic carbocycles. The van der Waals surface area contributed by atoms with Crippen LogP contribution in [0.1, 0.15) is 12.8 Å². The fraction of sp³-hybridized carbons (Fsp3) is 0.333. The van der Waals surface area contributed by atoms with Gasteiger partial charge in [0.05, 0.1) is 23.9 Å². The van der Waals surface area contributed by atoms with Gasteiger partial charge in [-0.25, -0.2) is 9.97 Å². The summed E-state index contributed by atoms with van der Waals surface area (Å²) < 4.78 is 17.1. The lowest BCUT2D eigenvalue weighted by molar-refractivity contribution is 0.0747. The molecule has 0 aliphatic carbocycles. The number of nitrogens with one attached hydrogen (secondary N) is 1. The Morgan fingerprint density at radius 2 is 2.03 bits per heavy atom. The van der Waals surface area contributed by atoms with Crippen molar-refractivity contribution in [3.8, 4) is 11.5 Å². The van der Waals surface area contributed by atoms with E-state index in [0.29, 0.717) is 45.7 Å². The highest BCUT2D eigenvalue weighted by Crippen LogP contribution is 2.38. The second kappa shape index (κ2) is 9.43. The van der Waals surface area contributed by atoms with E-state index in [1.807, 2.05) is 24.3 Å². The van der Waals surface area contributed by atoms with E-state index >= 15 is 0 Å². The number of furan rings is 1. The predicted octanol–water partition coefficient (Wildman–Crippen LogP) is 4.62. The summed E-state index contributed by atoms with van der Waals surface area (Å²) in [6.45, 7) is 2.83. The van der Waals surface area contributed by atoms with Crippen molar-refractivity contribution in [3.63, 3.8) is 0 Å². The fourth-order valence-corrected chi connectivity index (χ4v) is 4.38. The molecule has 0 spiro atoms. The van der Waals surface area contributed by atoms with Gasteiger partial charge in [0.2, 0.25) is 0 Å². The van der Waals surface area contributed by atoms with Crippen molar-refractivity contribution in [1.29, 1.82) is 0 Å². The quantitative estimate of drug-likeness (QED) is 0.387. The highest BCUT2D eigenvalue weighted by molar-refractivity contribution is 6.35. The molecule has 2 aromatic heterocycles. The number of aliphatic hydroxyl groups excluding tert-OH is 1. The normalized spacial score (nSPS) is 15.2. The van der Waals surface area contributed by atoms with Crippen LogP contribution in [0.15, 0.2) is 47.3 Å². The molecule has 33 heavy (non-hydrogen) atoms. The summed E-state index contributed by atoms with van der Waals surface area (Å²) in [5.41, 5.74) is 1.94. The Kier molecular flexibility index (Phi) is 6.22. The van der Waals surface area contributed by atoms with E-state index in [9.17, 15) is 5.11 Å². The third kappa shape index (κ3) is 4.55. The van der Waals surface area contributed by atoms with Crippen LogP contribution in [0, 0.1) is 0 Å². The van der Waals surface area contributed by atoms with Crippen LogP contribution >= 0.6 is 11.6 Å². The molecule has 1 unspecified atom stereocenters. The van der Waals surface area contributed by atoms with Crippen LogP contribution in [-0.4, -0.2) is 59.4 Å². The first kappa shape index (κ1) is 21.8. The van der Waals surface area contributed by atoms with E-state index in [0.717, 1.165) is 23.9 Å². The van der Waals surface area contributed by atoms with Crippen LogP contribution in [0.2, 0.25) is 5.02 Å². The van der Waals surface area contributed by atoms with Gasteiger partial charge in [-0.05, 0) is 50.2 Å². The van der Waals surface area contributed by atoms with Gasteiger partial charge < -0.3 is 29.2 Å². The Morgan fingerprint density at radius 1 is 1.18 bits per heavy atom. The first-order valence-electron chi connectivity index (χ1n) is 10.9. The minimum atomic E-state index is -0.581. The molecular weight excluding hydrogens is 444 g/mol. The summed E-state index contributed by atoms with van der Waals surface area (Å²) in [6.07, 6.45) is 4.87. The number of ether oxygens (including phenoxy) is 2. The third-order valence-electron chi connectivity index (χ3n) is 5.83. The van der Waals surface area contributed by atoms with E-state index in [4.69, 9.17) is 25.5 Å². The number of nitrogens with zero attached hydrogens (tertiary/aromatic N) is 3. The Bertz CT molecular complexity index is 1270. The monoisotopic (exact) mass is 468 g/mol. The zero-order valence-electron chi connectivity index (χ0n) is 18.3. The first-order chi connectivity index (χ1) is 16.1. The highest BCUT2D eigenvalue weighted by atomic mass is 35.5. The molecule has 1 saturated heterocycles. The Hall–Kier alpha value is -3.07. The van der Waals surface area contributed by atoms with E-state index in [1.54, 1.807) is 19.4 Å². The maximum absolute atomic E-state index is 10.4. The maximum atomic E-state index is 10.4. The number of β-amino-alcohol motifs (C(OH)–C–C–N with tert-alkyl or cyclic N) is 1. The summed E-state index contributed by atoms with van der Waals surface area (Å²) in [4.78, 5) is 11.0. The van der Waals surface area contributed by atoms with Crippen molar-refractivity contribution < 1.29 is 19.0 Å². The van der Waals surface area contributed by atoms with Gasteiger partial charge in [-0.2, -0.15) is 0 Å². The van der Waals surface area contributed by atoms with Gasteiger partial charge in [0, 0.05) is 23.4 Å². The van der Waals surface area contributed by atoms with Crippen LogP contribution < -0.4 is 14.8 Å². The molecule has 1 aliphatic rings. The molecule has 3 heterocycles. The highest BCUT2D eigenvalue weighted by Gasteiger charge is 2.18. The number of aliphatic hydroxyl groups is 1. The number of likely N-dealkylation sites (tertiary alicyclic amines) is 1. The zero-order chi connectivity index (χ0) is 22.8. The molecule has 0 bridgehead atoms. The number of hydrogen-bond acceptors (Lipinski definition) is 8. The van der Waals surface area contributed by atoms with E-state index in [1.165, 1.54) is 19.2 Å². The van der Waals surface area contributed by atoms with Gasteiger partial charge >= 0.3 is 0 Å². The van der Waals surface area contributed by atoms with Gasteiger partial charge in [-0.1, -0.05) is 11.6 Å². The number of fused-ring (bicyclic) bond motifs is 2. The largest absolute Gasteiger partial charge is 0.493 e. The van der Waals surface area contributed by atoms with Crippen molar-refractivity contribution in [2.45, 2.75) is 18.9 Å². The number of aromatic nitrogens is 2. The molecule has 8 nitrogen and oxygen atoms in total. The molecule has 0 amide bonds. The Labute approximate surface area is 196 Å². The summed E-state index contributed by atoms with van der Waals surface area (Å²) in [7, 11) is 1.58. The number of methoxy groups -OCH3 is 1. The average molecular weight is 469 g/mol. The lowest BCUT2D eigenvalue weighted by Crippen LogP contribution is -2.33. The molecule has 5 rings (SSSR count). The lowest BCUT2D eigenvalue weighted by atomic mass is 10.2. The predicted molar refractivity (Wildman–Crippen MR) is 128 cm³/mol. The summed E-state index contributed by atoms with van der Waals surface area (Å²) in [6, 6.07) is 9.19. The Morgan fingerprint density at radius 3 is 2.85 bits per heavy atom. The molecular formula is C24H25ClN4O4. The van der Waals surface area contributed by atoms with Crippen LogP contribution in [0.5, 0.6) is 11.5 Å².